The Kier molecular flexibility index (Phi) is 5.10. The highest BCUT2D eigenvalue weighted by atomic mass is 32.2. The average molecular weight is 324 g/mol. The van der Waals surface area contributed by atoms with Crippen LogP contribution in [0, 0.1) is 12.8 Å². The van der Waals surface area contributed by atoms with Crippen LogP contribution in [-0.4, -0.2) is 25.7 Å². The van der Waals surface area contributed by atoms with E-state index in [9.17, 15) is 13.5 Å². The molecule has 2 atom stereocenters. The minimum atomic E-state index is -3.84. The highest BCUT2D eigenvalue weighted by Gasteiger charge is 2.34. The standard InChI is InChI=1S/C17H24O4S/c1-13-4-8-15(9-5-13)17(3,18)12-21-22(19,20)16-10-6-14(2)7-11-16/h4,6-7,10-11,15,18H,5,8-9,12H2,1-3H3/t15-,17-/m1/s1. The molecule has 2 rings (SSSR count). The van der Waals surface area contributed by atoms with E-state index >= 15 is 0 Å². The van der Waals surface area contributed by atoms with Gasteiger partial charge in [0.05, 0.1) is 17.1 Å². The first-order chi connectivity index (χ1) is 10.2. The van der Waals surface area contributed by atoms with Crippen molar-refractivity contribution in [2.24, 2.45) is 5.92 Å². The maximum Gasteiger partial charge on any atom is 0.297 e. The summed E-state index contributed by atoms with van der Waals surface area (Å²) in [6, 6.07) is 6.49. The van der Waals surface area contributed by atoms with Crippen LogP contribution in [0.15, 0.2) is 40.8 Å². The monoisotopic (exact) mass is 324 g/mol. The van der Waals surface area contributed by atoms with Gasteiger partial charge in [-0.2, -0.15) is 8.42 Å². The van der Waals surface area contributed by atoms with Gasteiger partial charge in [0.2, 0.25) is 0 Å². The normalized spacial score (nSPS) is 22.0. The minimum Gasteiger partial charge on any atom is -0.387 e. The summed E-state index contributed by atoms with van der Waals surface area (Å²) >= 11 is 0. The van der Waals surface area contributed by atoms with Crippen LogP contribution in [-0.2, 0) is 14.3 Å². The summed E-state index contributed by atoms with van der Waals surface area (Å²) in [7, 11) is -3.84. The summed E-state index contributed by atoms with van der Waals surface area (Å²) in [5.74, 6) is 0.0180. The van der Waals surface area contributed by atoms with E-state index in [1.54, 1.807) is 19.1 Å². The molecule has 0 saturated carbocycles. The molecule has 22 heavy (non-hydrogen) atoms. The molecular weight excluding hydrogens is 300 g/mol. The van der Waals surface area contributed by atoms with Gasteiger partial charge in [0.25, 0.3) is 10.1 Å². The maximum absolute atomic E-state index is 12.2. The van der Waals surface area contributed by atoms with Gasteiger partial charge in [0.1, 0.15) is 0 Å². The Morgan fingerprint density at radius 1 is 1.27 bits per heavy atom. The second kappa shape index (κ2) is 6.52. The third-order valence-electron chi connectivity index (χ3n) is 4.33. The molecule has 0 amide bonds. The van der Waals surface area contributed by atoms with Crippen molar-refractivity contribution >= 4 is 10.1 Å². The van der Waals surface area contributed by atoms with Crippen molar-refractivity contribution in [2.45, 2.75) is 50.5 Å². The topological polar surface area (TPSA) is 63.6 Å². The summed E-state index contributed by atoms with van der Waals surface area (Å²) in [5, 5.41) is 10.6. The molecule has 0 unspecified atom stereocenters. The van der Waals surface area contributed by atoms with Crippen LogP contribution in [0.3, 0.4) is 0 Å². The zero-order valence-corrected chi connectivity index (χ0v) is 14.2. The molecule has 0 spiro atoms. The van der Waals surface area contributed by atoms with Crippen LogP contribution in [0.5, 0.6) is 0 Å². The van der Waals surface area contributed by atoms with Crippen molar-refractivity contribution in [2.75, 3.05) is 6.61 Å². The number of hydrogen-bond donors (Lipinski definition) is 1. The number of rotatable bonds is 5. The largest absolute Gasteiger partial charge is 0.387 e. The lowest BCUT2D eigenvalue weighted by Crippen LogP contribution is -2.40. The average Bonchev–Trinajstić information content (AvgIpc) is 2.46. The fourth-order valence-corrected chi connectivity index (χ4v) is 3.62. The molecule has 122 valence electrons. The van der Waals surface area contributed by atoms with E-state index in [-0.39, 0.29) is 17.4 Å². The molecule has 1 aromatic carbocycles. The van der Waals surface area contributed by atoms with Crippen LogP contribution in [0.25, 0.3) is 0 Å². The number of benzene rings is 1. The van der Waals surface area contributed by atoms with Gasteiger partial charge in [-0.05, 0) is 58.1 Å². The Labute approximate surface area is 132 Å². The van der Waals surface area contributed by atoms with Gasteiger partial charge in [-0.15, -0.1) is 0 Å². The van der Waals surface area contributed by atoms with Gasteiger partial charge < -0.3 is 5.11 Å². The predicted molar refractivity (Wildman–Crippen MR) is 86.0 cm³/mol. The number of allylic oxidation sites excluding steroid dienone is 2. The van der Waals surface area contributed by atoms with Crippen LogP contribution in [0.2, 0.25) is 0 Å². The van der Waals surface area contributed by atoms with E-state index in [0.29, 0.717) is 0 Å². The Morgan fingerprint density at radius 2 is 1.91 bits per heavy atom. The van der Waals surface area contributed by atoms with Gasteiger partial charge in [-0.1, -0.05) is 29.3 Å². The molecule has 0 aliphatic heterocycles. The fraction of sp³-hybridized carbons (Fsp3) is 0.529. The van der Waals surface area contributed by atoms with E-state index in [4.69, 9.17) is 4.18 Å². The molecule has 1 aliphatic carbocycles. The van der Waals surface area contributed by atoms with Crippen LogP contribution >= 0.6 is 0 Å². The van der Waals surface area contributed by atoms with E-state index in [1.807, 2.05) is 6.92 Å². The first-order valence-electron chi connectivity index (χ1n) is 7.55. The molecule has 5 heteroatoms. The highest BCUT2D eigenvalue weighted by Crippen LogP contribution is 2.32. The summed E-state index contributed by atoms with van der Waals surface area (Å²) in [6.45, 7) is 5.39. The molecule has 4 nitrogen and oxygen atoms in total. The van der Waals surface area contributed by atoms with E-state index in [0.717, 1.165) is 24.8 Å². The Balaban J connectivity index is 2.03. The first kappa shape index (κ1) is 17.2. The summed E-state index contributed by atoms with van der Waals surface area (Å²) in [5.41, 5.74) is 1.14. The molecule has 1 N–H and O–H groups in total. The summed E-state index contributed by atoms with van der Waals surface area (Å²) in [6.07, 6.45) is 4.65. The highest BCUT2D eigenvalue weighted by molar-refractivity contribution is 7.86. The smallest absolute Gasteiger partial charge is 0.297 e. The second-order valence-corrected chi connectivity index (χ2v) is 8.02. The van der Waals surface area contributed by atoms with Crippen molar-refractivity contribution < 1.29 is 17.7 Å². The maximum atomic E-state index is 12.2. The van der Waals surface area contributed by atoms with E-state index in [1.165, 1.54) is 17.7 Å². The lowest BCUT2D eigenvalue weighted by atomic mass is 9.79. The molecule has 0 aromatic heterocycles. The molecular formula is C17H24O4S. The van der Waals surface area contributed by atoms with Crippen molar-refractivity contribution in [3.8, 4) is 0 Å². The fourth-order valence-electron chi connectivity index (χ4n) is 2.62. The predicted octanol–water partition coefficient (Wildman–Crippen LogP) is 3.20. The summed E-state index contributed by atoms with van der Waals surface area (Å²) < 4.78 is 29.5. The van der Waals surface area contributed by atoms with Crippen molar-refractivity contribution in [3.05, 3.63) is 41.5 Å². The number of hydrogen-bond acceptors (Lipinski definition) is 4. The number of aliphatic hydroxyl groups is 1. The lowest BCUT2D eigenvalue weighted by molar-refractivity contribution is -0.0402. The van der Waals surface area contributed by atoms with E-state index < -0.39 is 15.7 Å². The van der Waals surface area contributed by atoms with Gasteiger partial charge in [-0.25, -0.2) is 0 Å². The summed E-state index contributed by atoms with van der Waals surface area (Å²) in [4.78, 5) is 0.119. The molecule has 0 saturated heterocycles. The molecule has 0 radical (unpaired) electrons. The molecule has 0 fully saturated rings. The Morgan fingerprint density at radius 3 is 2.45 bits per heavy atom. The molecule has 1 aromatic rings. The Bertz CT molecular complexity index is 642. The van der Waals surface area contributed by atoms with Crippen LogP contribution in [0.4, 0.5) is 0 Å². The van der Waals surface area contributed by atoms with Crippen molar-refractivity contribution in [1.29, 1.82) is 0 Å². The van der Waals surface area contributed by atoms with Gasteiger partial charge in [0, 0.05) is 0 Å². The third-order valence-corrected chi connectivity index (χ3v) is 5.61. The number of aryl methyl sites for hydroxylation is 1. The SMILES string of the molecule is CC1=CC[C@@H]([C@](C)(O)COS(=O)(=O)c2ccc(C)cc2)CC1. The quantitative estimate of drug-likeness (QED) is 0.667. The second-order valence-electron chi connectivity index (χ2n) is 6.41. The molecule has 0 heterocycles. The zero-order valence-electron chi connectivity index (χ0n) is 13.4. The third kappa shape index (κ3) is 4.18. The van der Waals surface area contributed by atoms with Crippen molar-refractivity contribution in [1.82, 2.24) is 0 Å². The first-order valence-corrected chi connectivity index (χ1v) is 8.96. The van der Waals surface area contributed by atoms with Crippen LogP contribution in [0.1, 0.15) is 38.7 Å². The van der Waals surface area contributed by atoms with Gasteiger partial charge in [0.15, 0.2) is 0 Å². The van der Waals surface area contributed by atoms with Gasteiger partial charge >= 0.3 is 0 Å². The van der Waals surface area contributed by atoms with E-state index in [2.05, 4.69) is 13.0 Å². The molecule has 0 bridgehead atoms. The van der Waals surface area contributed by atoms with Gasteiger partial charge in [-0.3, -0.25) is 4.18 Å². The lowest BCUT2D eigenvalue weighted by Gasteiger charge is -2.34. The van der Waals surface area contributed by atoms with Crippen molar-refractivity contribution in [3.63, 3.8) is 0 Å². The van der Waals surface area contributed by atoms with Crippen LogP contribution < -0.4 is 0 Å². The Hall–Kier alpha value is -1.17. The minimum absolute atomic E-state index is 0.0180. The molecule has 1 aliphatic rings. The zero-order chi connectivity index (χ0) is 16.4.